The van der Waals surface area contributed by atoms with Gasteiger partial charge in [0.25, 0.3) is 0 Å². The highest BCUT2D eigenvalue weighted by Gasteiger charge is 2.38. The van der Waals surface area contributed by atoms with Gasteiger partial charge in [0, 0.05) is 12.6 Å². The van der Waals surface area contributed by atoms with E-state index in [4.69, 9.17) is 21.4 Å². The number of nitrogens with zero attached hydrogens (tertiary/aromatic N) is 2. The highest BCUT2D eigenvalue weighted by molar-refractivity contribution is 6.29. The van der Waals surface area contributed by atoms with Crippen LogP contribution in [0.3, 0.4) is 0 Å². The minimum Gasteiger partial charge on any atom is -0.465 e. The van der Waals surface area contributed by atoms with Crippen molar-refractivity contribution in [3.63, 3.8) is 0 Å². The van der Waals surface area contributed by atoms with Crippen LogP contribution in [0, 0.1) is 0 Å². The van der Waals surface area contributed by atoms with Crippen LogP contribution in [-0.4, -0.2) is 45.4 Å². The van der Waals surface area contributed by atoms with Gasteiger partial charge in [-0.15, -0.1) is 0 Å². The Hall–Kier alpha value is -2.28. The molecule has 0 aromatic carbocycles. The van der Waals surface area contributed by atoms with Gasteiger partial charge in [0.05, 0.1) is 11.7 Å². The van der Waals surface area contributed by atoms with Gasteiger partial charge in [-0.05, 0) is 64.3 Å². The standard InChI is InChI=1S/C19H26ClN3O4/c1-12(23(15-7-8-15)18(26)27-19(2,3)4)13-10-14(22-16(20)11-13)6-5-9-21-17(24)25/h5-6,10-12,15,21H,7-9H2,1-4H3,(H,24,25). The molecule has 1 heterocycles. The van der Waals surface area contributed by atoms with E-state index in [0.29, 0.717) is 10.8 Å². The van der Waals surface area contributed by atoms with Gasteiger partial charge < -0.3 is 15.2 Å². The molecule has 1 aliphatic carbocycles. The van der Waals surface area contributed by atoms with E-state index >= 15 is 0 Å². The van der Waals surface area contributed by atoms with Crippen LogP contribution in [0.5, 0.6) is 0 Å². The minimum atomic E-state index is -1.09. The molecule has 2 rings (SSSR count). The van der Waals surface area contributed by atoms with Gasteiger partial charge >= 0.3 is 12.2 Å². The predicted molar refractivity (Wildman–Crippen MR) is 104 cm³/mol. The molecule has 1 aromatic heterocycles. The highest BCUT2D eigenvalue weighted by Crippen LogP contribution is 2.36. The van der Waals surface area contributed by atoms with Crippen molar-refractivity contribution >= 4 is 29.9 Å². The first-order chi connectivity index (χ1) is 12.6. The van der Waals surface area contributed by atoms with Gasteiger partial charge in [-0.2, -0.15) is 0 Å². The zero-order valence-electron chi connectivity index (χ0n) is 16.0. The molecular weight excluding hydrogens is 370 g/mol. The van der Waals surface area contributed by atoms with Crippen LogP contribution in [0.4, 0.5) is 9.59 Å². The van der Waals surface area contributed by atoms with E-state index in [1.807, 2.05) is 33.8 Å². The quantitative estimate of drug-likeness (QED) is 0.693. The maximum absolute atomic E-state index is 12.7. The van der Waals surface area contributed by atoms with Crippen LogP contribution in [0.1, 0.15) is 57.8 Å². The number of carbonyl (C=O) groups is 2. The number of aromatic nitrogens is 1. The summed E-state index contributed by atoms with van der Waals surface area (Å²) in [6.45, 7) is 7.64. The molecule has 148 valence electrons. The maximum Gasteiger partial charge on any atom is 0.411 e. The number of hydrogen-bond donors (Lipinski definition) is 2. The molecule has 2 amide bonds. The Balaban J connectivity index is 2.19. The first kappa shape index (κ1) is 21.0. The molecule has 0 radical (unpaired) electrons. The van der Waals surface area contributed by atoms with Crippen molar-refractivity contribution in [2.75, 3.05) is 6.54 Å². The first-order valence-corrected chi connectivity index (χ1v) is 9.27. The van der Waals surface area contributed by atoms with Crippen LogP contribution < -0.4 is 5.32 Å². The lowest BCUT2D eigenvalue weighted by Crippen LogP contribution is -2.39. The van der Waals surface area contributed by atoms with E-state index in [-0.39, 0.29) is 24.7 Å². The Morgan fingerprint density at radius 1 is 1.44 bits per heavy atom. The normalized spacial score (nSPS) is 15.4. The van der Waals surface area contributed by atoms with Crippen molar-refractivity contribution < 1.29 is 19.4 Å². The van der Waals surface area contributed by atoms with Crippen LogP contribution in [0.25, 0.3) is 6.08 Å². The molecule has 1 aromatic rings. The molecule has 0 bridgehead atoms. The fourth-order valence-corrected chi connectivity index (χ4v) is 2.87. The lowest BCUT2D eigenvalue weighted by Gasteiger charge is -2.32. The molecule has 27 heavy (non-hydrogen) atoms. The lowest BCUT2D eigenvalue weighted by atomic mass is 10.1. The average Bonchev–Trinajstić information content (AvgIpc) is 3.34. The second-order valence-electron chi connectivity index (χ2n) is 7.53. The van der Waals surface area contributed by atoms with Gasteiger partial charge in [-0.1, -0.05) is 17.7 Å². The van der Waals surface area contributed by atoms with Crippen molar-refractivity contribution in [1.82, 2.24) is 15.2 Å². The Morgan fingerprint density at radius 2 is 2.11 bits per heavy atom. The topological polar surface area (TPSA) is 91.8 Å². The van der Waals surface area contributed by atoms with Crippen molar-refractivity contribution in [3.8, 4) is 0 Å². The summed E-state index contributed by atoms with van der Waals surface area (Å²) < 4.78 is 5.57. The van der Waals surface area contributed by atoms with Crippen molar-refractivity contribution in [1.29, 1.82) is 0 Å². The largest absolute Gasteiger partial charge is 0.465 e. The Kier molecular flexibility index (Phi) is 6.70. The van der Waals surface area contributed by atoms with Gasteiger partial charge in [0.1, 0.15) is 10.8 Å². The van der Waals surface area contributed by atoms with Crippen LogP contribution in [0.15, 0.2) is 18.2 Å². The van der Waals surface area contributed by atoms with Gasteiger partial charge in [-0.25, -0.2) is 14.6 Å². The summed E-state index contributed by atoms with van der Waals surface area (Å²) in [5.74, 6) is 0. The van der Waals surface area contributed by atoms with Crippen molar-refractivity contribution in [2.45, 2.75) is 58.2 Å². The molecule has 8 heteroatoms. The summed E-state index contributed by atoms with van der Waals surface area (Å²) in [7, 11) is 0. The van der Waals surface area contributed by atoms with E-state index in [2.05, 4.69) is 10.3 Å². The summed E-state index contributed by atoms with van der Waals surface area (Å²) in [4.78, 5) is 29.1. The van der Waals surface area contributed by atoms with Gasteiger partial charge in [-0.3, -0.25) is 4.90 Å². The second-order valence-corrected chi connectivity index (χ2v) is 7.92. The molecule has 2 N–H and O–H groups in total. The summed E-state index contributed by atoms with van der Waals surface area (Å²) in [6.07, 6.45) is 3.81. The van der Waals surface area contributed by atoms with E-state index in [1.165, 1.54) is 0 Å². The first-order valence-electron chi connectivity index (χ1n) is 8.89. The molecule has 0 saturated heterocycles. The van der Waals surface area contributed by atoms with E-state index in [0.717, 1.165) is 18.4 Å². The zero-order valence-corrected chi connectivity index (χ0v) is 16.8. The monoisotopic (exact) mass is 395 g/mol. The van der Waals surface area contributed by atoms with Crippen LogP contribution >= 0.6 is 11.6 Å². The number of pyridine rings is 1. The Labute approximate surface area is 164 Å². The molecule has 1 unspecified atom stereocenters. The van der Waals surface area contributed by atoms with Crippen molar-refractivity contribution in [3.05, 3.63) is 34.6 Å². The smallest absolute Gasteiger partial charge is 0.411 e. The molecular formula is C19H26ClN3O4. The Bertz CT molecular complexity index is 726. The Morgan fingerprint density at radius 3 is 2.67 bits per heavy atom. The van der Waals surface area contributed by atoms with E-state index in [1.54, 1.807) is 23.1 Å². The molecule has 1 saturated carbocycles. The summed E-state index contributed by atoms with van der Waals surface area (Å²) in [6, 6.07) is 3.52. The number of carbonyl (C=O) groups excluding carboxylic acids is 1. The molecule has 7 nitrogen and oxygen atoms in total. The number of ether oxygens (including phenoxy) is 1. The lowest BCUT2D eigenvalue weighted by molar-refractivity contribution is 0.0153. The second kappa shape index (κ2) is 8.61. The molecule has 1 fully saturated rings. The summed E-state index contributed by atoms with van der Waals surface area (Å²) in [5, 5.41) is 11.1. The SMILES string of the molecule is CC(c1cc(Cl)nc(C=CCNC(=O)O)c1)N(C(=O)OC(C)(C)C)C1CC1. The third-order valence-corrected chi connectivity index (χ3v) is 4.13. The highest BCUT2D eigenvalue weighted by atomic mass is 35.5. The number of amides is 2. The molecule has 0 aliphatic heterocycles. The van der Waals surface area contributed by atoms with E-state index < -0.39 is 11.7 Å². The van der Waals surface area contributed by atoms with Crippen LogP contribution in [0.2, 0.25) is 5.15 Å². The summed E-state index contributed by atoms with van der Waals surface area (Å²) in [5.41, 5.74) is 0.875. The van der Waals surface area contributed by atoms with E-state index in [9.17, 15) is 9.59 Å². The number of rotatable bonds is 6. The zero-order chi connectivity index (χ0) is 20.2. The van der Waals surface area contributed by atoms with Gasteiger partial charge in [0.15, 0.2) is 0 Å². The third-order valence-electron chi connectivity index (χ3n) is 3.94. The van der Waals surface area contributed by atoms with Crippen molar-refractivity contribution in [2.24, 2.45) is 0 Å². The number of halogens is 1. The molecule has 1 atom stereocenters. The maximum atomic E-state index is 12.7. The fourth-order valence-electron chi connectivity index (χ4n) is 2.64. The number of hydrogen-bond acceptors (Lipinski definition) is 4. The third kappa shape index (κ3) is 6.75. The van der Waals surface area contributed by atoms with Gasteiger partial charge in [0.2, 0.25) is 0 Å². The summed E-state index contributed by atoms with van der Waals surface area (Å²) >= 11 is 6.15. The fraction of sp³-hybridized carbons (Fsp3) is 0.526. The molecule has 1 aliphatic rings. The van der Waals surface area contributed by atoms with Crippen LogP contribution in [-0.2, 0) is 4.74 Å². The number of nitrogens with one attached hydrogen (secondary N) is 1. The minimum absolute atomic E-state index is 0.167. The molecule has 0 spiro atoms. The average molecular weight is 396 g/mol. The predicted octanol–water partition coefficient (Wildman–Crippen LogP) is 4.48. The number of carboxylic acid groups (broad SMARTS) is 1.